The Kier molecular flexibility index (Phi) is 7.28. The van der Waals surface area contributed by atoms with E-state index in [0.717, 1.165) is 30.3 Å². The zero-order valence-electron chi connectivity index (χ0n) is 21.0. The summed E-state index contributed by atoms with van der Waals surface area (Å²) in [6.45, 7) is -0.0403. The van der Waals surface area contributed by atoms with Crippen LogP contribution in [0.3, 0.4) is 0 Å². The van der Waals surface area contributed by atoms with Crippen LogP contribution in [-0.2, 0) is 23.3 Å². The number of aryl methyl sites for hydroxylation is 1. The Labute approximate surface area is 232 Å². The first kappa shape index (κ1) is 29.2. The normalized spacial score (nSPS) is 15.2. The Balaban J connectivity index is 1.48. The van der Waals surface area contributed by atoms with Gasteiger partial charge in [0.15, 0.2) is 0 Å². The number of ether oxygens (including phenoxy) is 2. The predicted octanol–water partition coefficient (Wildman–Crippen LogP) is 6.47. The third kappa shape index (κ3) is 5.21. The third-order valence-corrected chi connectivity index (χ3v) is 7.51. The summed E-state index contributed by atoms with van der Waals surface area (Å²) in [6, 6.07) is 7.36. The number of fused-ring (bicyclic) bond motifs is 1. The molecule has 4 aromatic rings. The van der Waals surface area contributed by atoms with Gasteiger partial charge in [0.1, 0.15) is 22.5 Å². The lowest BCUT2D eigenvalue weighted by atomic mass is 10.0. The zero-order valence-corrected chi connectivity index (χ0v) is 21.8. The minimum absolute atomic E-state index is 0.0403. The lowest BCUT2D eigenvalue weighted by molar-refractivity contribution is -0.137. The van der Waals surface area contributed by atoms with Crippen LogP contribution in [0.15, 0.2) is 53.6 Å². The van der Waals surface area contributed by atoms with Gasteiger partial charge in [-0.25, -0.2) is 13.2 Å². The molecule has 3 aromatic carbocycles. The zero-order chi connectivity index (χ0) is 30.6. The fraction of sp³-hybridized carbons (Fsp3) is 0.192. The van der Waals surface area contributed by atoms with Gasteiger partial charge in [0, 0.05) is 36.9 Å². The first-order valence-corrected chi connectivity index (χ1v) is 13.2. The van der Waals surface area contributed by atoms with Gasteiger partial charge in [-0.1, -0.05) is 6.07 Å². The van der Waals surface area contributed by atoms with Crippen LogP contribution in [0, 0.1) is 29.1 Å². The molecule has 7 nitrogen and oxygen atoms in total. The largest absolute Gasteiger partial charge is 0.493 e. The second-order valence-corrected chi connectivity index (χ2v) is 10.5. The van der Waals surface area contributed by atoms with E-state index in [0.29, 0.717) is 5.69 Å². The number of nitrogens with zero attached hydrogens (tertiary/aromatic N) is 2. The summed E-state index contributed by atoms with van der Waals surface area (Å²) < 4.78 is 151. The van der Waals surface area contributed by atoms with E-state index in [4.69, 9.17) is 9.47 Å². The molecule has 1 aliphatic rings. The summed E-state index contributed by atoms with van der Waals surface area (Å²) in [7, 11) is -3.62. The first-order chi connectivity index (χ1) is 19.7. The van der Waals surface area contributed by atoms with E-state index in [1.54, 1.807) is 0 Å². The van der Waals surface area contributed by atoms with Gasteiger partial charge in [-0.15, -0.1) is 0 Å². The molecule has 1 aromatic heterocycles. The molecule has 0 bridgehead atoms. The van der Waals surface area contributed by atoms with Crippen LogP contribution in [0.1, 0.15) is 23.7 Å². The summed E-state index contributed by atoms with van der Waals surface area (Å²) >= 11 is 0. The summed E-state index contributed by atoms with van der Waals surface area (Å²) in [5.41, 5.74) is -0.280. The first-order valence-electron chi connectivity index (χ1n) is 11.8. The summed E-state index contributed by atoms with van der Waals surface area (Å²) in [4.78, 5) is -0.754. The highest BCUT2D eigenvalue weighted by molar-refractivity contribution is 7.87. The van der Waals surface area contributed by atoms with Crippen molar-refractivity contribution in [3.05, 3.63) is 88.9 Å². The van der Waals surface area contributed by atoms with Crippen molar-refractivity contribution in [1.29, 1.82) is 0 Å². The Hall–Kier alpha value is -4.34. The van der Waals surface area contributed by atoms with Crippen LogP contribution >= 0.6 is 0 Å². The maximum atomic E-state index is 14.0. The monoisotopic (exact) mass is 620 g/mol. The molecule has 0 radical (unpaired) electrons. The molecule has 0 amide bonds. The quantitative estimate of drug-likeness (QED) is 0.106. The van der Waals surface area contributed by atoms with Crippen molar-refractivity contribution in [1.82, 2.24) is 9.78 Å². The Morgan fingerprint density at radius 1 is 0.929 bits per heavy atom. The molecule has 0 saturated carbocycles. The van der Waals surface area contributed by atoms with Crippen molar-refractivity contribution >= 4 is 10.1 Å². The van der Waals surface area contributed by atoms with E-state index in [2.05, 4.69) is 9.28 Å². The van der Waals surface area contributed by atoms with Gasteiger partial charge in [-0.05, 0) is 30.3 Å². The molecular weight excluding hydrogens is 604 g/mol. The molecule has 0 fully saturated rings. The van der Waals surface area contributed by atoms with Crippen molar-refractivity contribution < 1.29 is 57.2 Å². The Morgan fingerprint density at radius 2 is 1.60 bits per heavy atom. The molecular formula is C26H16F8N2O5S. The van der Waals surface area contributed by atoms with Crippen LogP contribution in [0.5, 0.6) is 17.2 Å². The van der Waals surface area contributed by atoms with Crippen LogP contribution in [0.2, 0.25) is 0 Å². The van der Waals surface area contributed by atoms with E-state index in [-0.39, 0.29) is 35.7 Å². The summed E-state index contributed by atoms with van der Waals surface area (Å²) in [5, 5.41) is 3.98. The van der Waals surface area contributed by atoms with Gasteiger partial charge in [0.2, 0.25) is 34.8 Å². The highest BCUT2D eigenvalue weighted by Gasteiger charge is 2.34. The second-order valence-electron chi connectivity index (χ2n) is 8.93. The number of rotatable bonds is 6. The SMILES string of the molecule is Cn1nccc1-c1cc(C(F)(F)F)ccc1OC1CCOc2cc(S(=O)(=O)Oc3c(F)c(F)c(F)c(F)c3F)ccc21. The molecule has 2 heterocycles. The molecule has 0 spiro atoms. The Morgan fingerprint density at radius 3 is 2.21 bits per heavy atom. The van der Waals surface area contributed by atoms with Crippen LogP contribution < -0.4 is 13.7 Å². The molecule has 1 unspecified atom stereocenters. The van der Waals surface area contributed by atoms with Crippen LogP contribution in [-0.4, -0.2) is 24.8 Å². The maximum absolute atomic E-state index is 14.0. The van der Waals surface area contributed by atoms with E-state index in [1.165, 1.54) is 30.1 Å². The molecule has 1 atom stereocenters. The average Bonchev–Trinajstić information content (AvgIpc) is 3.38. The maximum Gasteiger partial charge on any atom is 0.416 e. The van der Waals surface area contributed by atoms with E-state index in [1.807, 2.05) is 0 Å². The van der Waals surface area contributed by atoms with E-state index < -0.39 is 67.7 Å². The van der Waals surface area contributed by atoms with Gasteiger partial charge in [-0.3, -0.25) is 4.68 Å². The second kappa shape index (κ2) is 10.5. The fourth-order valence-electron chi connectivity index (χ4n) is 4.23. The number of hydrogen-bond donors (Lipinski definition) is 0. The topological polar surface area (TPSA) is 79.7 Å². The minimum atomic E-state index is -5.15. The van der Waals surface area contributed by atoms with E-state index in [9.17, 15) is 43.5 Å². The van der Waals surface area contributed by atoms with Crippen molar-refractivity contribution in [2.75, 3.05) is 6.61 Å². The number of hydrogen-bond acceptors (Lipinski definition) is 6. The Bertz CT molecular complexity index is 1780. The fourth-order valence-corrected chi connectivity index (χ4v) is 5.18. The van der Waals surface area contributed by atoms with Crippen LogP contribution in [0.25, 0.3) is 11.3 Å². The predicted molar refractivity (Wildman–Crippen MR) is 128 cm³/mol. The third-order valence-electron chi connectivity index (χ3n) is 6.29. The van der Waals surface area contributed by atoms with Gasteiger partial charge < -0.3 is 13.7 Å². The molecule has 0 N–H and O–H groups in total. The molecule has 0 saturated heterocycles. The van der Waals surface area contributed by atoms with Gasteiger partial charge in [0.05, 0.1) is 17.9 Å². The molecule has 1 aliphatic heterocycles. The summed E-state index contributed by atoms with van der Waals surface area (Å²) in [6.07, 6.45) is -3.92. The number of aromatic nitrogens is 2. The van der Waals surface area contributed by atoms with Gasteiger partial charge in [0.25, 0.3) is 0 Å². The standard InChI is InChI=1S/C26H16F8N2O5S/c1-36-16(6-8-35-36)15-10-12(26(32,33)34)2-5-17(15)40-18-7-9-39-19-11-13(3-4-14(18)19)42(37,38)41-25-23(30)21(28)20(27)22(29)24(25)31/h2-6,8,10-11,18H,7,9H2,1H3. The summed E-state index contributed by atoms with van der Waals surface area (Å²) in [5.74, 6) is -14.3. The smallest absolute Gasteiger partial charge is 0.416 e. The molecule has 42 heavy (non-hydrogen) atoms. The lowest BCUT2D eigenvalue weighted by Gasteiger charge is -2.28. The number of alkyl halides is 3. The van der Waals surface area contributed by atoms with Crippen molar-refractivity contribution in [3.63, 3.8) is 0 Å². The van der Waals surface area contributed by atoms with Gasteiger partial charge in [-0.2, -0.15) is 35.5 Å². The van der Waals surface area contributed by atoms with Crippen molar-refractivity contribution in [2.45, 2.75) is 23.6 Å². The molecule has 0 aliphatic carbocycles. The highest BCUT2D eigenvalue weighted by Crippen LogP contribution is 2.42. The number of halogens is 8. The van der Waals surface area contributed by atoms with Crippen LogP contribution in [0.4, 0.5) is 35.1 Å². The lowest BCUT2D eigenvalue weighted by Crippen LogP contribution is -2.20. The van der Waals surface area contributed by atoms with Gasteiger partial charge >= 0.3 is 16.3 Å². The average molecular weight is 620 g/mol. The van der Waals surface area contributed by atoms with Crippen molar-refractivity contribution in [2.24, 2.45) is 7.05 Å². The van der Waals surface area contributed by atoms with Crippen molar-refractivity contribution in [3.8, 4) is 28.5 Å². The molecule has 5 rings (SSSR count). The number of benzene rings is 3. The van der Waals surface area contributed by atoms with E-state index >= 15 is 0 Å². The minimum Gasteiger partial charge on any atom is -0.493 e. The molecule has 222 valence electrons. The molecule has 16 heteroatoms. The highest BCUT2D eigenvalue weighted by atomic mass is 32.2.